The van der Waals surface area contributed by atoms with Gasteiger partial charge in [0.1, 0.15) is 23.4 Å². The summed E-state index contributed by atoms with van der Waals surface area (Å²) in [5, 5.41) is 3.60. The number of hydrogen-bond donors (Lipinski definition) is 3. The Labute approximate surface area is 195 Å². The lowest BCUT2D eigenvalue weighted by Crippen LogP contribution is -2.31. The third-order valence-corrected chi connectivity index (χ3v) is 5.78. The Morgan fingerprint density at radius 3 is 2.50 bits per heavy atom. The summed E-state index contributed by atoms with van der Waals surface area (Å²) in [6.07, 6.45) is 3.24. The summed E-state index contributed by atoms with van der Waals surface area (Å²) < 4.78 is 1.55. The second-order valence-corrected chi connectivity index (χ2v) is 8.04. The Balaban J connectivity index is 1.46. The van der Waals surface area contributed by atoms with Crippen LogP contribution in [0.3, 0.4) is 0 Å². The van der Waals surface area contributed by atoms with Crippen molar-refractivity contribution in [2.45, 2.75) is 13.8 Å². The van der Waals surface area contributed by atoms with Gasteiger partial charge in [-0.1, -0.05) is 30.3 Å². The number of nitrogens with one attached hydrogen (secondary N) is 2. The van der Waals surface area contributed by atoms with E-state index in [2.05, 4.69) is 20.3 Å². The van der Waals surface area contributed by atoms with E-state index in [1.54, 1.807) is 23.6 Å². The lowest BCUT2D eigenvalue weighted by molar-refractivity contribution is 0.102. The Morgan fingerprint density at radius 1 is 1.03 bits per heavy atom. The molecule has 1 amide bonds. The second kappa shape index (κ2) is 8.32. The van der Waals surface area contributed by atoms with Crippen LogP contribution in [0.2, 0.25) is 0 Å². The normalized spacial score (nSPS) is 11.0. The maximum atomic E-state index is 13.3. The highest BCUT2D eigenvalue weighted by atomic mass is 16.2. The van der Waals surface area contributed by atoms with Crippen LogP contribution in [0.25, 0.3) is 27.8 Å². The van der Waals surface area contributed by atoms with Gasteiger partial charge in [-0.2, -0.15) is 0 Å². The number of aromatic nitrogens is 4. The van der Waals surface area contributed by atoms with Crippen LogP contribution in [0, 0.1) is 13.8 Å². The lowest BCUT2D eigenvalue weighted by atomic mass is 10.1. The van der Waals surface area contributed by atoms with Gasteiger partial charge in [-0.3, -0.25) is 14.2 Å². The molecule has 0 spiro atoms. The van der Waals surface area contributed by atoms with Crippen molar-refractivity contribution in [1.29, 1.82) is 0 Å². The van der Waals surface area contributed by atoms with Gasteiger partial charge in [0, 0.05) is 28.8 Å². The van der Waals surface area contributed by atoms with Crippen molar-refractivity contribution in [3.63, 3.8) is 0 Å². The van der Waals surface area contributed by atoms with E-state index in [0.29, 0.717) is 28.4 Å². The average Bonchev–Trinajstić information content (AvgIpc) is 3.25. The summed E-state index contributed by atoms with van der Waals surface area (Å²) >= 11 is 0. The Kier molecular flexibility index (Phi) is 5.18. The number of nitrogen functional groups attached to an aromatic ring is 1. The smallest absolute Gasteiger partial charge is 0.268 e. The minimum atomic E-state index is -0.454. The van der Waals surface area contributed by atoms with Gasteiger partial charge in [-0.25, -0.2) is 9.97 Å². The fourth-order valence-corrected chi connectivity index (χ4v) is 4.21. The predicted octanol–water partition coefficient (Wildman–Crippen LogP) is 4.23. The first kappa shape index (κ1) is 21.1. The highest BCUT2D eigenvalue weighted by Crippen LogP contribution is 2.31. The van der Waals surface area contributed by atoms with E-state index < -0.39 is 5.91 Å². The molecular formula is C26H22N6O2. The summed E-state index contributed by atoms with van der Waals surface area (Å²) in [4.78, 5) is 37.8. The van der Waals surface area contributed by atoms with Crippen LogP contribution in [0.1, 0.15) is 21.6 Å². The first-order valence-electron chi connectivity index (χ1n) is 10.7. The van der Waals surface area contributed by atoms with E-state index in [0.717, 1.165) is 22.2 Å². The average molecular weight is 451 g/mol. The third-order valence-electron chi connectivity index (χ3n) is 5.78. The molecule has 0 saturated carbocycles. The molecule has 5 aromatic rings. The minimum Gasteiger partial charge on any atom is -0.383 e. The zero-order valence-corrected chi connectivity index (χ0v) is 18.7. The molecule has 0 saturated heterocycles. The monoisotopic (exact) mass is 450 g/mol. The van der Waals surface area contributed by atoms with E-state index in [9.17, 15) is 9.59 Å². The molecule has 0 atom stereocenters. The molecule has 8 heteroatoms. The van der Waals surface area contributed by atoms with Gasteiger partial charge in [0.2, 0.25) is 0 Å². The quantitative estimate of drug-likeness (QED) is 0.379. The summed E-state index contributed by atoms with van der Waals surface area (Å²) in [6.45, 7) is 3.62. The molecular weight excluding hydrogens is 428 g/mol. The number of benzene rings is 2. The minimum absolute atomic E-state index is 0.111. The van der Waals surface area contributed by atoms with Crippen LogP contribution < -0.4 is 16.6 Å². The van der Waals surface area contributed by atoms with Gasteiger partial charge in [-0.05, 0) is 55.3 Å². The first-order valence-corrected chi connectivity index (χ1v) is 10.7. The number of carbonyl (C=O) groups is 1. The number of nitrogens with two attached hydrogens (primary N) is 1. The third kappa shape index (κ3) is 3.61. The fraction of sp³-hybridized carbons (Fsp3) is 0.0769. The van der Waals surface area contributed by atoms with Crippen molar-refractivity contribution >= 4 is 28.4 Å². The summed E-state index contributed by atoms with van der Waals surface area (Å²) in [7, 11) is 0. The Morgan fingerprint density at radius 2 is 1.76 bits per heavy atom. The summed E-state index contributed by atoms with van der Waals surface area (Å²) in [6, 6.07) is 18.4. The fourth-order valence-electron chi connectivity index (χ4n) is 4.21. The molecule has 0 fully saturated rings. The number of pyridine rings is 1. The van der Waals surface area contributed by atoms with Crippen molar-refractivity contribution in [3.05, 3.63) is 100 Å². The highest BCUT2D eigenvalue weighted by molar-refractivity contribution is 6.05. The van der Waals surface area contributed by atoms with E-state index >= 15 is 0 Å². The van der Waals surface area contributed by atoms with Gasteiger partial charge in [-0.15, -0.1) is 0 Å². The number of anilines is 2. The predicted molar refractivity (Wildman–Crippen MR) is 133 cm³/mol. The van der Waals surface area contributed by atoms with Gasteiger partial charge < -0.3 is 16.0 Å². The maximum Gasteiger partial charge on any atom is 0.268 e. The molecule has 3 aromatic heterocycles. The van der Waals surface area contributed by atoms with Crippen molar-refractivity contribution in [1.82, 2.24) is 19.5 Å². The van der Waals surface area contributed by atoms with Crippen molar-refractivity contribution in [2.75, 3.05) is 11.1 Å². The van der Waals surface area contributed by atoms with Crippen molar-refractivity contribution < 1.29 is 4.79 Å². The number of aromatic amines is 1. The number of rotatable bonds is 4. The van der Waals surface area contributed by atoms with Crippen molar-refractivity contribution in [3.8, 4) is 16.8 Å². The largest absolute Gasteiger partial charge is 0.383 e. The Hall–Kier alpha value is -4.72. The molecule has 0 aliphatic rings. The molecule has 0 unspecified atom stereocenters. The van der Waals surface area contributed by atoms with Crippen LogP contribution in [0.4, 0.5) is 11.5 Å². The Bertz CT molecular complexity index is 1580. The number of nitrogens with zero attached hydrogens (tertiary/aromatic N) is 3. The zero-order valence-electron chi connectivity index (χ0n) is 18.7. The van der Waals surface area contributed by atoms with Crippen molar-refractivity contribution in [2.24, 2.45) is 0 Å². The number of carbonyl (C=O) groups excluding carboxylic acids is 1. The number of hydrogen-bond acceptors (Lipinski definition) is 5. The summed E-state index contributed by atoms with van der Waals surface area (Å²) in [5.41, 5.74) is 10.9. The molecule has 3 heterocycles. The number of fused-ring (bicyclic) bond motifs is 1. The van der Waals surface area contributed by atoms with Gasteiger partial charge >= 0.3 is 0 Å². The number of H-pyrrole nitrogens is 1. The second-order valence-electron chi connectivity index (χ2n) is 8.04. The number of para-hydroxylation sites is 1. The number of aryl methyl sites for hydroxylation is 2. The van der Waals surface area contributed by atoms with Crippen LogP contribution >= 0.6 is 0 Å². The van der Waals surface area contributed by atoms with Crippen LogP contribution in [0.15, 0.2) is 78.0 Å². The van der Waals surface area contributed by atoms with E-state index in [4.69, 9.17) is 5.73 Å². The maximum absolute atomic E-state index is 13.3. The molecule has 34 heavy (non-hydrogen) atoms. The SMILES string of the molecule is Cc1cc(C)n(-c2ccccc2)c(=O)c1C(=O)Nc1ccc(-c2c[nH]c3ncnc(N)c23)cc1. The molecule has 8 nitrogen and oxygen atoms in total. The molecule has 0 aliphatic carbocycles. The topological polar surface area (TPSA) is 119 Å². The van der Waals surface area contributed by atoms with Gasteiger partial charge in [0.05, 0.1) is 5.39 Å². The van der Waals surface area contributed by atoms with E-state index in [1.807, 2.05) is 61.7 Å². The first-order chi connectivity index (χ1) is 16.4. The van der Waals surface area contributed by atoms with Crippen LogP contribution in [0.5, 0.6) is 0 Å². The molecule has 0 bridgehead atoms. The highest BCUT2D eigenvalue weighted by Gasteiger charge is 2.19. The zero-order chi connectivity index (χ0) is 23.8. The molecule has 0 aliphatic heterocycles. The summed E-state index contributed by atoms with van der Waals surface area (Å²) in [5.74, 6) is -0.0622. The van der Waals surface area contributed by atoms with E-state index in [1.165, 1.54) is 6.33 Å². The molecule has 168 valence electrons. The molecule has 4 N–H and O–H groups in total. The standard InChI is InChI=1S/C26H22N6O2/c1-15-12-16(2)32(19-6-4-3-5-7-19)26(34)21(15)25(33)31-18-10-8-17(9-11-18)20-13-28-24-22(20)23(27)29-14-30-24/h3-14H,1-2H3,(H,31,33)(H3,27,28,29,30). The molecule has 2 aromatic carbocycles. The lowest BCUT2D eigenvalue weighted by Gasteiger charge is -2.14. The van der Waals surface area contributed by atoms with Crippen LogP contribution in [-0.2, 0) is 0 Å². The number of amides is 1. The van der Waals surface area contributed by atoms with E-state index in [-0.39, 0.29) is 11.1 Å². The van der Waals surface area contributed by atoms with Gasteiger partial charge in [0.25, 0.3) is 11.5 Å². The molecule has 0 radical (unpaired) electrons. The van der Waals surface area contributed by atoms with Gasteiger partial charge in [0.15, 0.2) is 0 Å². The molecule has 5 rings (SSSR count). The van der Waals surface area contributed by atoms with Crippen LogP contribution in [-0.4, -0.2) is 25.4 Å².